The van der Waals surface area contributed by atoms with Crippen molar-refractivity contribution in [1.29, 1.82) is 0 Å². The Hall–Kier alpha value is -2.22. The molecule has 7 nitrogen and oxygen atoms in total. The number of hydrogen-bond donors (Lipinski definition) is 3. The van der Waals surface area contributed by atoms with Crippen molar-refractivity contribution in [3.8, 4) is 0 Å². The summed E-state index contributed by atoms with van der Waals surface area (Å²) in [4.78, 5) is 28.3. The minimum Gasteiger partial charge on any atom is -0.339 e. The standard InChI is InChI=1S/C13H17N5O2S/c1-8(2)7-10(12(20)17-13-14-5-6-21-13)16-11(19)9-3-4-15-18-9/h3-6,8,10H,7H2,1-2H3,(H,15,18)(H,16,19)(H,14,17,20)/t10-/m1/s1. The molecule has 2 amide bonds. The summed E-state index contributed by atoms with van der Waals surface area (Å²) in [7, 11) is 0. The maximum absolute atomic E-state index is 12.3. The summed E-state index contributed by atoms with van der Waals surface area (Å²) in [5, 5.41) is 14.0. The Balaban J connectivity index is 2.03. The van der Waals surface area contributed by atoms with E-state index in [0.29, 0.717) is 17.2 Å². The second kappa shape index (κ2) is 6.98. The van der Waals surface area contributed by atoms with Crippen LogP contribution >= 0.6 is 11.3 Å². The number of aromatic nitrogens is 3. The Kier molecular flexibility index (Phi) is 5.04. The van der Waals surface area contributed by atoms with Gasteiger partial charge >= 0.3 is 0 Å². The summed E-state index contributed by atoms with van der Waals surface area (Å²) < 4.78 is 0. The van der Waals surface area contributed by atoms with E-state index in [0.717, 1.165) is 0 Å². The van der Waals surface area contributed by atoms with Gasteiger partial charge < -0.3 is 10.6 Å². The van der Waals surface area contributed by atoms with Gasteiger partial charge in [-0.2, -0.15) is 5.10 Å². The van der Waals surface area contributed by atoms with E-state index in [1.165, 1.54) is 17.5 Å². The summed E-state index contributed by atoms with van der Waals surface area (Å²) in [5.74, 6) is -0.363. The van der Waals surface area contributed by atoms with Gasteiger partial charge in [0.05, 0.1) is 0 Å². The number of thiazole rings is 1. The first-order valence-corrected chi connectivity index (χ1v) is 7.45. The van der Waals surface area contributed by atoms with Crippen LogP contribution in [0, 0.1) is 5.92 Å². The molecule has 0 unspecified atom stereocenters. The predicted molar refractivity (Wildman–Crippen MR) is 80.0 cm³/mol. The van der Waals surface area contributed by atoms with Crippen LogP contribution in [0.25, 0.3) is 0 Å². The van der Waals surface area contributed by atoms with Crippen LogP contribution in [0.2, 0.25) is 0 Å². The van der Waals surface area contributed by atoms with E-state index in [2.05, 4.69) is 25.8 Å². The van der Waals surface area contributed by atoms with Gasteiger partial charge in [0.2, 0.25) is 5.91 Å². The van der Waals surface area contributed by atoms with Gasteiger partial charge in [0.15, 0.2) is 5.13 Å². The molecule has 2 aromatic rings. The van der Waals surface area contributed by atoms with Crippen molar-refractivity contribution < 1.29 is 9.59 Å². The summed E-state index contributed by atoms with van der Waals surface area (Å²) >= 11 is 1.33. The molecule has 0 bridgehead atoms. The number of amides is 2. The number of hydrogen-bond acceptors (Lipinski definition) is 5. The molecule has 3 N–H and O–H groups in total. The summed E-state index contributed by atoms with van der Waals surface area (Å²) in [6.45, 7) is 3.98. The number of anilines is 1. The Labute approximate surface area is 126 Å². The molecule has 0 aliphatic carbocycles. The second-order valence-electron chi connectivity index (χ2n) is 4.95. The van der Waals surface area contributed by atoms with Crippen LogP contribution < -0.4 is 10.6 Å². The third-order valence-electron chi connectivity index (χ3n) is 2.74. The molecule has 8 heteroatoms. The fourth-order valence-electron chi connectivity index (χ4n) is 1.80. The molecule has 1 atom stereocenters. The zero-order valence-electron chi connectivity index (χ0n) is 11.8. The summed E-state index contributed by atoms with van der Waals surface area (Å²) in [6, 6.07) is 0.935. The highest BCUT2D eigenvalue weighted by molar-refractivity contribution is 7.13. The summed E-state index contributed by atoms with van der Waals surface area (Å²) in [6.07, 6.45) is 3.64. The van der Waals surface area contributed by atoms with Crippen LogP contribution in [0.3, 0.4) is 0 Å². The molecule has 2 rings (SSSR count). The molecular weight excluding hydrogens is 290 g/mol. The Morgan fingerprint density at radius 2 is 2.19 bits per heavy atom. The number of rotatable bonds is 6. The number of aromatic amines is 1. The first kappa shape index (κ1) is 15.2. The van der Waals surface area contributed by atoms with Crippen molar-refractivity contribution in [2.45, 2.75) is 26.3 Å². The predicted octanol–water partition coefficient (Wildman–Crippen LogP) is 1.65. The molecule has 0 saturated carbocycles. The smallest absolute Gasteiger partial charge is 0.269 e. The van der Waals surface area contributed by atoms with E-state index in [1.807, 2.05) is 13.8 Å². The van der Waals surface area contributed by atoms with Crippen molar-refractivity contribution in [2.24, 2.45) is 5.92 Å². The molecule has 0 fully saturated rings. The molecule has 21 heavy (non-hydrogen) atoms. The lowest BCUT2D eigenvalue weighted by atomic mass is 10.0. The number of H-pyrrole nitrogens is 1. The van der Waals surface area contributed by atoms with Crippen LogP contribution in [0.1, 0.15) is 30.8 Å². The molecule has 112 valence electrons. The second-order valence-corrected chi connectivity index (χ2v) is 5.85. The van der Waals surface area contributed by atoms with Gasteiger partial charge in [-0.25, -0.2) is 4.98 Å². The third kappa shape index (κ3) is 4.38. The van der Waals surface area contributed by atoms with Crippen molar-refractivity contribution in [3.63, 3.8) is 0 Å². The number of nitrogens with zero attached hydrogens (tertiary/aromatic N) is 2. The zero-order valence-corrected chi connectivity index (χ0v) is 12.6. The zero-order chi connectivity index (χ0) is 15.2. The topological polar surface area (TPSA) is 99.8 Å². The largest absolute Gasteiger partial charge is 0.339 e. The minimum absolute atomic E-state index is 0.263. The normalized spacial score (nSPS) is 12.1. The van der Waals surface area contributed by atoms with Crippen LogP contribution in [0.15, 0.2) is 23.8 Å². The molecule has 0 aliphatic rings. The molecule has 0 radical (unpaired) electrons. The van der Waals surface area contributed by atoms with Crippen molar-refractivity contribution in [3.05, 3.63) is 29.5 Å². The average molecular weight is 307 g/mol. The van der Waals surface area contributed by atoms with Gasteiger partial charge in [-0.05, 0) is 18.4 Å². The van der Waals surface area contributed by atoms with Gasteiger partial charge in [-0.15, -0.1) is 11.3 Å². The van der Waals surface area contributed by atoms with Gasteiger partial charge in [0.1, 0.15) is 11.7 Å². The van der Waals surface area contributed by atoms with E-state index < -0.39 is 6.04 Å². The van der Waals surface area contributed by atoms with E-state index in [9.17, 15) is 9.59 Å². The van der Waals surface area contributed by atoms with Crippen molar-refractivity contribution >= 4 is 28.3 Å². The van der Waals surface area contributed by atoms with E-state index in [-0.39, 0.29) is 17.7 Å². The molecule has 2 aromatic heterocycles. The van der Waals surface area contributed by atoms with Gasteiger partial charge in [-0.1, -0.05) is 13.8 Å². The quantitative estimate of drug-likeness (QED) is 0.755. The molecule has 0 aromatic carbocycles. The fourth-order valence-corrected chi connectivity index (χ4v) is 2.33. The van der Waals surface area contributed by atoms with Crippen LogP contribution in [0.5, 0.6) is 0 Å². The molecule has 2 heterocycles. The van der Waals surface area contributed by atoms with E-state index in [4.69, 9.17) is 0 Å². The highest BCUT2D eigenvalue weighted by Gasteiger charge is 2.23. The van der Waals surface area contributed by atoms with Gasteiger partial charge in [0, 0.05) is 17.8 Å². The van der Waals surface area contributed by atoms with Gasteiger partial charge in [-0.3, -0.25) is 14.7 Å². The molecule has 0 saturated heterocycles. The fraction of sp³-hybridized carbons (Fsp3) is 0.385. The summed E-state index contributed by atoms with van der Waals surface area (Å²) in [5.41, 5.74) is 0.325. The number of nitrogens with one attached hydrogen (secondary N) is 3. The van der Waals surface area contributed by atoms with Crippen LogP contribution in [-0.2, 0) is 4.79 Å². The average Bonchev–Trinajstić information content (AvgIpc) is 3.10. The first-order valence-electron chi connectivity index (χ1n) is 6.57. The lowest BCUT2D eigenvalue weighted by Gasteiger charge is -2.19. The maximum Gasteiger partial charge on any atom is 0.269 e. The third-order valence-corrected chi connectivity index (χ3v) is 3.43. The number of carbonyl (C=O) groups excluding carboxylic acids is 2. The molecule has 0 spiro atoms. The van der Waals surface area contributed by atoms with E-state index in [1.54, 1.807) is 17.6 Å². The Morgan fingerprint density at radius 1 is 1.38 bits per heavy atom. The van der Waals surface area contributed by atoms with Crippen molar-refractivity contribution in [1.82, 2.24) is 20.5 Å². The minimum atomic E-state index is -0.621. The lowest BCUT2D eigenvalue weighted by Crippen LogP contribution is -2.44. The lowest BCUT2D eigenvalue weighted by molar-refractivity contribution is -0.118. The van der Waals surface area contributed by atoms with Gasteiger partial charge in [0.25, 0.3) is 5.91 Å². The highest BCUT2D eigenvalue weighted by atomic mass is 32.1. The molecule has 0 aliphatic heterocycles. The monoisotopic (exact) mass is 307 g/mol. The van der Waals surface area contributed by atoms with E-state index >= 15 is 0 Å². The van der Waals surface area contributed by atoms with Crippen LogP contribution in [-0.4, -0.2) is 33.0 Å². The van der Waals surface area contributed by atoms with Crippen LogP contribution in [0.4, 0.5) is 5.13 Å². The maximum atomic E-state index is 12.3. The van der Waals surface area contributed by atoms with Crippen molar-refractivity contribution in [2.75, 3.05) is 5.32 Å². The Morgan fingerprint density at radius 3 is 2.76 bits per heavy atom. The first-order chi connectivity index (χ1) is 10.1. The Bertz CT molecular complexity index is 580. The number of carbonyl (C=O) groups is 2. The SMILES string of the molecule is CC(C)C[C@@H](NC(=O)c1ccn[nH]1)C(=O)Nc1nccs1. The molecular formula is C13H17N5O2S. The highest BCUT2D eigenvalue weighted by Crippen LogP contribution is 2.13.